The predicted octanol–water partition coefficient (Wildman–Crippen LogP) is 8.03. The number of esters is 1. The van der Waals surface area contributed by atoms with Gasteiger partial charge in [-0.25, -0.2) is 4.79 Å². The van der Waals surface area contributed by atoms with Gasteiger partial charge in [0.25, 0.3) is 0 Å². The van der Waals surface area contributed by atoms with E-state index in [-0.39, 0.29) is 40.5 Å². The maximum Gasteiger partial charge on any atom is 0.412 e. The number of hydrogen-bond acceptors (Lipinski definition) is 7. The third-order valence-electron chi connectivity index (χ3n) is 7.71. The average Bonchev–Trinajstić information content (AvgIpc) is 2.73. The Bertz CT molecular complexity index is 1080. The molecule has 1 N–H and O–H groups in total. The van der Waals surface area contributed by atoms with Gasteiger partial charge >= 0.3 is 18.2 Å². The van der Waals surface area contributed by atoms with Gasteiger partial charge < -0.3 is 19.2 Å². The van der Waals surface area contributed by atoms with Crippen LogP contribution in [0.3, 0.4) is 0 Å². The van der Waals surface area contributed by atoms with E-state index in [9.17, 15) is 9.59 Å². The molecule has 0 saturated heterocycles. The Morgan fingerprint density at radius 3 is 1.90 bits per heavy atom. The number of nitrogens with one attached hydrogen (secondary N) is 1. The first-order valence-electron chi connectivity index (χ1n) is 14.7. The van der Waals surface area contributed by atoms with Gasteiger partial charge in [0.05, 0.1) is 0 Å². The van der Waals surface area contributed by atoms with Crippen LogP contribution in [0.1, 0.15) is 112 Å². The summed E-state index contributed by atoms with van der Waals surface area (Å²) in [5.74, 6) is 0.298. The number of carbonyl (C=O) groups excluding carboxylic acids is 4. The van der Waals surface area contributed by atoms with Crippen LogP contribution in [0.15, 0.2) is 12.1 Å². The zero-order valence-electron chi connectivity index (χ0n) is 28.9. The van der Waals surface area contributed by atoms with Crippen molar-refractivity contribution in [3.8, 4) is 5.75 Å². The van der Waals surface area contributed by atoms with Gasteiger partial charge in [-0.3, -0.25) is 4.79 Å². The Balaban J connectivity index is 0.00000535. The fourth-order valence-corrected chi connectivity index (χ4v) is 5.47. The lowest BCUT2D eigenvalue weighted by atomic mass is 9.78. The van der Waals surface area contributed by atoms with Gasteiger partial charge in [-0.05, 0) is 93.6 Å². The lowest BCUT2D eigenvalue weighted by Gasteiger charge is -2.37. The molecule has 0 spiro atoms. The summed E-state index contributed by atoms with van der Waals surface area (Å²) in [4.78, 5) is 41.8. The van der Waals surface area contributed by atoms with Crippen LogP contribution in [-0.4, -0.2) is 44.8 Å². The second-order valence-corrected chi connectivity index (χ2v) is 20.2. The quantitative estimate of drug-likeness (QED) is 0.212. The molecule has 0 unspecified atom stereocenters. The Labute approximate surface area is 255 Å². The summed E-state index contributed by atoms with van der Waals surface area (Å²) in [6.45, 7) is 32.1. The van der Waals surface area contributed by atoms with E-state index in [0.717, 1.165) is 23.1 Å². The minimum absolute atomic E-state index is 0.149. The molecule has 9 heteroatoms. The summed E-state index contributed by atoms with van der Waals surface area (Å²) in [6.07, 6.45) is 1.22. The summed E-state index contributed by atoms with van der Waals surface area (Å²) >= 11 is 0. The maximum absolute atomic E-state index is 13.2. The first-order chi connectivity index (χ1) is 18.8. The van der Waals surface area contributed by atoms with Crippen molar-refractivity contribution in [2.45, 2.75) is 144 Å². The monoisotopic (exact) mass is 607 g/mol. The number of ether oxygens (including phenoxy) is 2. The first kappa shape index (κ1) is 39.5. The molecule has 1 amide bonds. The summed E-state index contributed by atoms with van der Waals surface area (Å²) in [5.41, 5.74) is 2.06. The van der Waals surface area contributed by atoms with Gasteiger partial charge in [0.2, 0.25) is 0 Å². The minimum atomic E-state index is -1.86. The zero-order valence-corrected chi connectivity index (χ0v) is 29.9. The first-order valence-corrected chi connectivity index (χ1v) is 17.6. The lowest BCUT2D eigenvalue weighted by Crippen LogP contribution is -2.45. The SMILES string of the molecule is Cc1cc(C)c(C(C)(C)CCO[Si](C)(C)C(C)(C)C)c(OC(=O)N[C@@H](CCC(=O)OC(C)(C)C)C(C)(C)C)c1.O=C=O. The maximum atomic E-state index is 13.2. The predicted molar refractivity (Wildman–Crippen MR) is 169 cm³/mol. The van der Waals surface area contributed by atoms with Crippen molar-refractivity contribution in [3.05, 3.63) is 28.8 Å². The normalized spacial score (nSPS) is 13.3. The standard InChI is InChI=1S/C32H57NO5Si.CO2/c1-22-20-23(2)27(32(12,13)18-19-36-39(14,15)31(9,10)11)24(21-22)37-28(35)33-25(29(3,4)5)16-17-26(34)38-30(6,7)8;2-1-3/h20-21,25H,16-19H2,1-15H3,(H,33,35);/t25-;/m0./s1. The lowest BCUT2D eigenvalue weighted by molar-refractivity contribution is -0.191. The molecular weight excluding hydrogens is 550 g/mol. The number of rotatable bonds is 10. The molecule has 8 nitrogen and oxygen atoms in total. The van der Waals surface area contributed by atoms with Crippen LogP contribution in [0.2, 0.25) is 18.1 Å². The molecule has 0 aliphatic rings. The molecule has 0 bridgehead atoms. The van der Waals surface area contributed by atoms with E-state index in [2.05, 4.69) is 66.0 Å². The number of benzene rings is 1. The van der Waals surface area contributed by atoms with E-state index in [1.807, 2.05) is 54.5 Å². The molecular formula is C33H57NO7Si. The molecule has 1 atom stereocenters. The van der Waals surface area contributed by atoms with Crippen LogP contribution >= 0.6 is 0 Å². The average molecular weight is 608 g/mol. The molecule has 0 saturated carbocycles. The molecule has 0 aliphatic heterocycles. The van der Waals surface area contributed by atoms with Gasteiger partial charge in [-0.1, -0.05) is 61.5 Å². The Morgan fingerprint density at radius 1 is 0.929 bits per heavy atom. The molecule has 0 aromatic heterocycles. The number of hydrogen-bond donors (Lipinski definition) is 1. The van der Waals surface area contributed by atoms with Crippen molar-refractivity contribution >= 4 is 26.5 Å². The van der Waals surface area contributed by atoms with Crippen LogP contribution in [0, 0.1) is 19.3 Å². The third-order valence-corrected chi connectivity index (χ3v) is 12.3. The van der Waals surface area contributed by atoms with Crippen LogP contribution < -0.4 is 10.1 Å². The van der Waals surface area contributed by atoms with Gasteiger partial charge in [-0.2, -0.15) is 9.59 Å². The third kappa shape index (κ3) is 13.7. The molecule has 0 radical (unpaired) electrons. The summed E-state index contributed by atoms with van der Waals surface area (Å²) in [5, 5.41) is 3.18. The Hall–Kier alpha value is -2.48. The number of aryl methyl sites for hydroxylation is 2. The van der Waals surface area contributed by atoms with Gasteiger partial charge in [-0.15, -0.1) is 0 Å². The number of carbonyl (C=O) groups is 2. The molecule has 42 heavy (non-hydrogen) atoms. The van der Waals surface area contributed by atoms with Gasteiger partial charge in [0.1, 0.15) is 11.4 Å². The van der Waals surface area contributed by atoms with E-state index in [1.54, 1.807) is 0 Å². The summed E-state index contributed by atoms with van der Waals surface area (Å²) in [7, 11) is -1.86. The molecule has 0 aliphatic carbocycles. The topological polar surface area (TPSA) is 108 Å². The highest BCUT2D eigenvalue weighted by Crippen LogP contribution is 2.40. The van der Waals surface area contributed by atoms with E-state index in [0.29, 0.717) is 18.8 Å². The smallest absolute Gasteiger partial charge is 0.412 e. The zero-order chi connectivity index (χ0) is 33.3. The van der Waals surface area contributed by atoms with Crippen molar-refractivity contribution in [3.63, 3.8) is 0 Å². The molecule has 0 heterocycles. The summed E-state index contributed by atoms with van der Waals surface area (Å²) < 4.78 is 18.0. The highest BCUT2D eigenvalue weighted by molar-refractivity contribution is 6.74. The molecule has 1 rings (SSSR count). The minimum Gasteiger partial charge on any atom is -0.460 e. The summed E-state index contributed by atoms with van der Waals surface area (Å²) in [6, 6.07) is 3.80. The number of amides is 1. The highest BCUT2D eigenvalue weighted by Gasteiger charge is 2.38. The van der Waals surface area contributed by atoms with E-state index in [1.165, 1.54) is 0 Å². The van der Waals surface area contributed by atoms with Gasteiger partial charge in [0, 0.05) is 24.6 Å². The van der Waals surface area contributed by atoms with Crippen LogP contribution in [0.4, 0.5) is 4.79 Å². The van der Waals surface area contributed by atoms with Crippen molar-refractivity contribution in [2.75, 3.05) is 6.61 Å². The van der Waals surface area contributed by atoms with Crippen LogP contribution in [0.25, 0.3) is 0 Å². The molecule has 1 aromatic rings. The van der Waals surface area contributed by atoms with Crippen molar-refractivity contribution in [1.29, 1.82) is 0 Å². The largest absolute Gasteiger partial charge is 0.460 e. The van der Waals surface area contributed by atoms with E-state index in [4.69, 9.17) is 23.5 Å². The molecule has 1 aromatic carbocycles. The fourth-order valence-electron chi connectivity index (χ4n) is 4.43. The van der Waals surface area contributed by atoms with Crippen molar-refractivity contribution < 1.29 is 33.1 Å². The van der Waals surface area contributed by atoms with Crippen molar-refractivity contribution in [1.82, 2.24) is 5.32 Å². The molecule has 0 fully saturated rings. The Kier molecular flexibility index (Phi) is 14.4. The second kappa shape index (κ2) is 15.3. The van der Waals surface area contributed by atoms with E-state index >= 15 is 0 Å². The molecule has 240 valence electrons. The fraction of sp³-hybridized carbons (Fsp3) is 0.727. The van der Waals surface area contributed by atoms with Crippen LogP contribution in [-0.2, 0) is 29.0 Å². The van der Waals surface area contributed by atoms with Crippen molar-refractivity contribution in [2.24, 2.45) is 5.41 Å². The van der Waals surface area contributed by atoms with Crippen LogP contribution in [0.5, 0.6) is 5.75 Å². The Morgan fingerprint density at radius 2 is 1.45 bits per heavy atom. The second-order valence-electron chi connectivity index (χ2n) is 15.4. The van der Waals surface area contributed by atoms with E-state index < -0.39 is 20.0 Å². The highest BCUT2D eigenvalue weighted by atomic mass is 28.4. The van der Waals surface area contributed by atoms with Gasteiger partial charge in [0.15, 0.2) is 8.32 Å².